The highest BCUT2D eigenvalue weighted by Gasteiger charge is 2.12. The molecule has 100 valence electrons. The molecule has 0 aromatic heterocycles. The number of rotatable bonds is 5. The SMILES string of the molecule is NC(CCc1ccccc1)CN1CCCOCC1. The normalized spacial score (nSPS) is 19.4. The lowest BCUT2D eigenvalue weighted by molar-refractivity contribution is 0.140. The molecule has 0 saturated carbocycles. The number of hydrogen-bond acceptors (Lipinski definition) is 3. The van der Waals surface area contributed by atoms with Crippen molar-refractivity contribution in [3.8, 4) is 0 Å². The highest BCUT2D eigenvalue weighted by molar-refractivity contribution is 5.14. The first kappa shape index (κ1) is 13.5. The van der Waals surface area contributed by atoms with Gasteiger partial charge >= 0.3 is 0 Å². The smallest absolute Gasteiger partial charge is 0.0593 e. The van der Waals surface area contributed by atoms with E-state index in [2.05, 4.69) is 35.2 Å². The Kier molecular flexibility index (Phi) is 5.65. The molecule has 0 aliphatic carbocycles. The fraction of sp³-hybridized carbons (Fsp3) is 0.600. The van der Waals surface area contributed by atoms with Crippen LogP contribution in [0.2, 0.25) is 0 Å². The van der Waals surface area contributed by atoms with Gasteiger partial charge in [-0.2, -0.15) is 0 Å². The standard InChI is InChI=1S/C15H24N2O/c16-15(8-7-14-5-2-1-3-6-14)13-17-9-4-11-18-12-10-17/h1-3,5-6,15H,4,7-13,16H2. The molecule has 1 aliphatic heterocycles. The summed E-state index contributed by atoms with van der Waals surface area (Å²) in [5.74, 6) is 0. The third-order valence-electron chi connectivity index (χ3n) is 3.45. The molecule has 1 fully saturated rings. The highest BCUT2D eigenvalue weighted by Crippen LogP contribution is 2.06. The van der Waals surface area contributed by atoms with E-state index in [-0.39, 0.29) is 6.04 Å². The van der Waals surface area contributed by atoms with Crippen LogP contribution in [0.4, 0.5) is 0 Å². The molecular formula is C15H24N2O. The summed E-state index contributed by atoms with van der Waals surface area (Å²) in [4.78, 5) is 2.43. The number of nitrogens with zero attached hydrogens (tertiary/aromatic N) is 1. The minimum atomic E-state index is 0.267. The van der Waals surface area contributed by atoms with Gasteiger partial charge in [0.05, 0.1) is 6.61 Å². The van der Waals surface area contributed by atoms with E-state index in [0.717, 1.165) is 52.1 Å². The Balaban J connectivity index is 1.69. The first-order valence-electron chi connectivity index (χ1n) is 6.94. The van der Waals surface area contributed by atoms with Crippen LogP contribution in [0.5, 0.6) is 0 Å². The molecule has 1 atom stereocenters. The minimum Gasteiger partial charge on any atom is -0.380 e. The molecule has 0 bridgehead atoms. The summed E-state index contributed by atoms with van der Waals surface area (Å²) in [6.07, 6.45) is 3.26. The number of hydrogen-bond donors (Lipinski definition) is 1. The fourth-order valence-corrected chi connectivity index (χ4v) is 2.40. The van der Waals surface area contributed by atoms with Crippen molar-refractivity contribution in [1.29, 1.82) is 0 Å². The third kappa shape index (κ3) is 4.77. The zero-order chi connectivity index (χ0) is 12.6. The monoisotopic (exact) mass is 248 g/mol. The van der Waals surface area contributed by atoms with Gasteiger partial charge in [0.15, 0.2) is 0 Å². The Labute approximate surface area is 110 Å². The van der Waals surface area contributed by atoms with E-state index in [0.29, 0.717) is 0 Å². The van der Waals surface area contributed by atoms with Gasteiger partial charge < -0.3 is 10.5 Å². The van der Waals surface area contributed by atoms with Gasteiger partial charge in [-0.15, -0.1) is 0 Å². The molecule has 18 heavy (non-hydrogen) atoms. The molecule has 2 rings (SSSR count). The Morgan fingerprint density at radius 3 is 2.83 bits per heavy atom. The van der Waals surface area contributed by atoms with Crippen LogP contribution in [-0.4, -0.2) is 43.8 Å². The predicted molar refractivity (Wildman–Crippen MR) is 74.6 cm³/mol. The van der Waals surface area contributed by atoms with E-state index in [1.54, 1.807) is 0 Å². The zero-order valence-electron chi connectivity index (χ0n) is 11.1. The summed E-state index contributed by atoms with van der Waals surface area (Å²) >= 11 is 0. The van der Waals surface area contributed by atoms with E-state index in [9.17, 15) is 0 Å². The molecular weight excluding hydrogens is 224 g/mol. The minimum absolute atomic E-state index is 0.267. The molecule has 2 N–H and O–H groups in total. The average Bonchev–Trinajstić information content (AvgIpc) is 2.66. The number of ether oxygens (including phenoxy) is 1. The number of aryl methyl sites for hydroxylation is 1. The van der Waals surface area contributed by atoms with Gasteiger partial charge in [-0.1, -0.05) is 30.3 Å². The van der Waals surface area contributed by atoms with E-state index in [4.69, 9.17) is 10.5 Å². The van der Waals surface area contributed by atoms with Crippen LogP contribution in [0.3, 0.4) is 0 Å². The van der Waals surface area contributed by atoms with Crippen LogP contribution >= 0.6 is 0 Å². The third-order valence-corrected chi connectivity index (χ3v) is 3.45. The van der Waals surface area contributed by atoms with Crippen LogP contribution in [-0.2, 0) is 11.2 Å². The van der Waals surface area contributed by atoms with Gasteiger partial charge in [-0.05, 0) is 24.8 Å². The zero-order valence-corrected chi connectivity index (χ0v) is 11.1. The van der Waals surface area contributed by atoms with E-state index >= 15 is 0 Å². The van der Waals surface area contributed by atoms with Crippen LogP contribution in [0.1, 0.15) is 18.4 Å². The van der Waals surface area contributed by atoms with Gasteiger partial charge in [0, 0.05) is 32.3 Å². The maximum Gasteiger partial charge on any atom is 0.0593 e. The molecule has 0 spiro atoms. The maximum absolute atomic E-state index is 6.22. The molecule has 3 heteroatoms. The molecule has 1 heterocycles. The van der Waals surface area contributed by atoms with E-state index in [1.807, 2.05) is 0 Å². The Morgan fingerprint density at radius 2 is 2.00 bits per heavy atom. The van der Waals surface area contributed by atoms with Gasteiger partial charge in [-0.3, -0.25) is 4.90 Å². The van der Waals surface area contributed by atoms with Crippen molar-refractivity contribution in [3.63, 3.8) is 0 Å². The molecule has 0 radical (unpaired) electrons. The molecule has 1 aromatic rings. The van der Waals surface area contributed by atoms with Crippen molar-refractivity contribution in [2.45, 2.75) is 25.3 Å². The van der Waals surface area contributed by atoms with Crippen molar-refractivity contribution in [2.75, 3.05) is 32.8 Å². The van der Waals surface area contributed by atoms with Crippen LogP contribution in [0, 0.1) is 0 Å². The van der Waals surface area contributed by atoms with Crippen LogP contribution in [0.15, 0.2) is 30.3 Å². The highest BCUT2D eigenvalue weighted by atomic mass is 16.5. The Bertz CT molecular complexity index is 321. The van der Waals surface area contributed by atoms with Crippen molar-refractivity contribution in [1.82, 2.24) is 4.90 Å². The largest absolute Gasteiger partial charge is 0.380 e. The lowest BCUT2D eigenvalue weighted by atomic mass is 10.1. The van der Waals surface area contributed by atoms with Crippen molar-refractivity contribution < 1.29 is 4.74 Å². The molecule has 1 aromatic carbocycles. The van der Waals surface area contributed by atoms with Gasteiger partial charge in [0.2, 0.25) is 0 Å². The van der Waals surface area contributed by atoms with E-state index in [1.165, 1.54) is 5.56 Å². The lowest BCUT2D eigenvalue weighted by Crippen LogP contribution is -2.39. The van der Waals surface area contributed by atoms with E-state index < -0.39 is 0 Å². The predicted octanol–water partition coefficient (Wildman–Crippen LogP) is 1.67. The molecule has 3 nitrogen and oxygen atoms in total. The summed E-state index contributed by atoms with van der Waals surface area (Å²) in [5, 5.41) is 0. The summed E-state index contributed by atoms with van der Waals surface area (Å²) in [5.41, 5.74) is 7.60. The second-order valence-electron chi connectivity index (χ2n) is 5.05. The second-order valence-corrected chi connectivity index (χ2v) is 5.05. The fourth-order valence-electron chi connectivity index (χ4n) is 2.40. The number of benzene rings is 1. The first-order chi connectivity index (χ1) is 8.84. The maximum atomic E-state index is 6.22. The lowest BCUT2D eigenvalue weighted by Gasteiger charge is -2.23. The van der Waals surface area contributed by atoms with Gasteiger partial charge in [0.1, 0.15) is 0 Å². The van der Waals surface area contributed by atoms with Crippen molar-refractivity contribution >= 4 is 0 Å². The van der Waals surface area contributed by atoms with Gasteiger partial charge in [-0.25, -0.2) is 0 Å². The summed E-state index contributed by atoms with van der Waals surface area (Å²) in [6, 6.07) is 10.8. The molecule has 0 amide bonds. The molecule has 1 saturated heterocycles. The quantitative estimate of drug-likeness (QED) is 0.861. The summed E-state index contributed by atoms with van der Waals surface area (Å²) in [7, 11) is 0. The molecule has 1 aliphatic rings. The summed E-state index contributed by atoms with van der Waals surface area (Å²) < 4.78 is 5.45. The van der Waals surface area contributed by atoms with Gasteiger partial charge in [0.25, 0.3) is 0 Å². The number of nitrogens with two attached hydrogens (primary N) is 1. The van der Waals surface area contributed by atoms with Crippen LogP contribution < -0.4 is 5.73 Å². The first-order valence-corrected chi connectivity index (χ1v) is 6.94. The van der Waals surface area contributed by atoms with Crippen LogP contribution in [0.25, 0.3) is 0 Å². The molecule has 1 unspecified atom stereocenters. The average molecular weight is 248 g/mol. The second kappa shape index (κ2) is 7.52. The topological polar surface area (TPSA) is 38.5 Å². The summed E-state index contributed by atoms with van der Waals surface area (Å²) in [6.45, 7) is 4.90. The van der Waals surface area contributed by atoms with Crippen molar-refractivity contribution in [3.05, 3.63) is 35.9 Å². The Morgan fingerprint density at radius 1 is 1.17 bits per heavy atom. The van der Waals surface area contributed by atoms with Crippen molar-refractivity contribution in [2.24, 2.45) is 5.73 Å². The Hall–Kier alpha value is -0.900.